The molecule has 6 nitrogen and oxygen atoms in total. The van der Waals surface area contributed by atoms with Crippen molar-refractivity contribution in [1.29, 1.82) is 0 Å². The van der Waals surface area contributed by atoms with Crippen LogP contribution in [0.25, 0.3) is 0 Å². The van der Waals surface area contributed by atoms with E-state index < -0.39 is 0 Å². The van der Waals surface area contributed by atoms with Gasteiger partial charge in [0.2, 0.25) is 11.9 Å². The monoisotopic (exact) mass is 199 g/mol. The number of nitrogens with two attached hydrogens (primary N) is 2. The normalized spacial score (nSPS) is 23.4. The number of amides is 1. The van der Waals surface area contributed by atoms with Crippen molar-refractivity contribution in [3.63, 3.8) is 0 Å². The minimum Gasteiger partial charge on any atom is -0.368 e. The first-order chi connectivity index (χ1) is 6.69. The van der Waals surface area contributed by atoms with Gasteiger partial charge in [-0.05, 0) is 12.8 Å². The van der Waals surface area contributed by atoms with Crippen LogP contribution < -0.4 is 16.9 Å². The molecule has 1 unspecified atom stereocenters. The number of nitrogens with zero attached hydrogens (tertiary/aromatic N) is 2. The maximum atomic E-state index is 11.4. The van der Waals surface area contributed by atoms with Gasteiger partial charge in [0.1, 0.15) is 0 Å². The van der Waals surface area contributed by atoms with E-state index in [4.69, 9.17) is 11.6 Å². The zero-order valence-corrected chi connectivity index (χ0v) is 8.36. The van der Waals surface area contributed by atoms with Crippen LogP contribution >= 0.6 is 0 Å². The third-order valence-electron chi connectivity index (χ3n) is 2.49. The van der Waals surface area contributed by atoms with Crippen molar-refractivity contribution < 1.29 is 4.79 Å². The van der Waals surface area contributed by atoms with Gasteiger partial charge in [0.25, 0.3) is 0 Å². The predicted octanol–water partition coefficient (Wildman–Crippen LogP) is -1.37. The van der Waals surface area contributed by atoms with Gasteiger partial charge in [0.05, 0.1) is 5.92 Å². The van der Waals surface area contributed by atoms with Crippen LogP contribution in [-0.4, -0.2) is 36.9 Å². The summed E-state index contributed by atoms with van der Waals surface area (Å²) in [5, 5.41) is 6.06. The molecular weight excluding hydrogens is 182 g/mol. The topological polar surface area (TPSA) is 96.7 Å². The second-order valence-electron chi connectivity index (χ2n) is 3.39. The van der Waals surface area contributed by atoms with Crippen LogP contribution in [0, 0.1) is 5.92 Å². The van der Waals surface area contributed by atoms with E-state index in [1.807, 2.05) is 4.90 Å². The smallest absolute Gasteiger partial charge is 0.224 e. The minimum atomic E-state index is -0.00551. The van der Waals surface area contributed by atoms with E-state index in [0.29, 0.717) is 12.5 Å². The fourth-order valence-electron chi connectivity index (χ4n) is 1.69. The van der Waals surface area contributed by atoms with Gasteiger partial charge in [0, 0.05) is 20.1 Å². The van der Waals surface area contributed by atoms with Crippen molar-refractivity contribution in [1.82, 2.24) is 10.2 Å². The van der Waals surface area contributed by atoms with Gasteiger partial charge >= 0.3 is 0 Å². The van der Waals surface area contributed by atoms with Crippen LogP contribution in [-0.2, 0) is 4.79 Å². The lowest BCUT2D eigenvalue weighted by Crippen LogP contribution is -2.47. The molecule has 0 radical (unpaired) electrons. The van der Waals surface area contributed by atoms with Crippen molar-refractivity contribution in [3.8, 4) is 0 Å². The second kappa shape index (κ2) is 4.69. The fraction of sp³-hybridized carbons (Fsp3) is 0.750. The Hall–Kier alpha value is -1.46. The number of piperidine rings is 1. The van der Waals surface area contributed by atoms with E-state index in [9.17, 15) is 4.79 Å². The van der Waals surface area contributed by atoms with E-state index in [-0.39, 0.29) is 11.8 Å². The lowest BCUT2D eigenvalue weighted by molar-refractivity contribution is -0.125. The maximum absolute atomic E-state index is 11.4. The van der Waals surface area contributed by atoms with Gasteiger partial charge in [-0.1, -0.05) is 0 Å². The van der Waals surface area contributed by atoms with Crippen molar-refractivity contribution in [2.75, 3.05) is 20.1 Å². The molecule has 1 aliphatic heterocycles. The highest BCUT2D eigenvalue weighted by Crippen LogP contribution is 2.15. The summed E-state index contributed by atoms with van der Waals surface area (Å²) in [7, 11) is 1.64. The number of nitrogens with one attached hydrogen (secondary N) is 1. The van der Waals surface area contributed by atoms with Crippen molar-refractivity contribution in [3.05, 3.63) is 0 Å². The lowest BCUT2D eigenvalue weighted by Gasteiger charge is -2.32. The molecule has 1 aliphatic rings. The molecule has 0 bridgehead atoms. The quantitative estimate of drug-likeness (QED) is 0.210. The lowest BCUT2D eigenvalue weighted by atomic mass is 9.97. The molecule has 0 spiro atoms. The zero-order valence-electron chi connectivity index (χ0n) is 8.36. The largest absolute Gasteiger partial charge is 0.368 e. The molecule has 1 fully saturated rings. The summed E-state index contributed by atoms with van der Waals surface area (Å²) in [5.74, 6) is 5.43. The Bertz CT molecular complexity index is 240. The summed E-state index contributed by atoms with van der Waals surface area (Å²) in [6.45, 7) is 1.42. The molecular formula is C8H17N5O. The Morgan fingerprint density at radius 1 is 1.64 bits per heavy atom. The Morgan fingerprint density at radius 3 is 2.93 bits per heavy atom. The molecule has 80 valence electrons. The molecule has 0 saturated carbocycles. The Morgan fingerprint density at radius 2 is 2.36 bits per heavy atom. The van der Waals surface area contributed by atoms with Gasteiger partial charge in [0.15, 0.2) is 0 Å². The van der Waals surface area contributed by atoms with Crippen molar-refractivity contribution in [2.45, 2.75) is 12.8 Å². The molecule has 1 heterocycles. The van der Waals surface area contributed by atoms with Crippen LogP contribution in [0.4, 0.5) is 0 Å². The highest BCUT2D eigenvalue weighted by atomic mass is 16.1. The summed E-state index contributed by atoms with van der Waals surface area (Å²) in [6, 6.07) is 0. The first kappa shape index (κ1) is 10.6. The number of guanidine groups is 1. The molecule has 1 rings (SSSR count). The summed E-state index contributed by atoms with van der Waals surface area (Å²) >= 11 is 0. The predicted molar refractivity (Wildman–Crippen MR) is 54.2 cm³/mol. The molecule has 5 N–H and O–H groups in total. The third kappa shape index (κ3) is 2.27. The Labute approximate surface area is 83.3 Å². The molecule has 1 atom stereocenters. The summed E-state index contributed by atoms with van der Waals surface area (Å²) in [4.78, 5) is 13.2. The molecule has 6 heteroatoms. The Kier molecular flexibility index (Phi) is 3.55. The second-order valence-corrected chi connectivity index (χ2v) is 3.39. The zero-order chi connectivity index (χ0) is 10.6. The number of carbonyl (C=O) groups excluding carboxylic acids is 1. The number of hydrogen-bond donors (Lipinski definition) is 3. The molecule has 14 heavy (non-hydrogen) atoms. The number of carbonyl (C=O) groups is 1. The number of likely N-dealkylation sites (tertiary alicyclic amines) is 1. The summed E-state index contributed by atoms with van der Waals surface area (Å²) in [5.41, 5.74) is 5.57. The highest BCUT2D eigenvalue weighted by Gasteiger charge is 2.25. The van der Waals surface area contributed by atoms with Gasteiger partial charge in [-0.3, -0.25) is 4.79 Å². The van der Waals surface area contributed by atoms with Crippen LogP contribution in [0.15, 0.2) is 5.10 Å². The molecule has 0 aromatic rings. The minimum absolute atomic E-state index is 0.00551. The average Bonchev–Trinajstić information content (AvgIpc) is 2.27. The molecule has 1 saturated heterocycles. The average molecular weight is 199 g/mol. The van der Waals surface area contributed by atoms with E-state index in [1.165, 1.54) is 0 Å². The van der Waals surface area contributed by atoms with E-state index >= 15 is 0 Å². The molecule has 0 aliphatic carbocycles. The van der Waals surface area contributed by atoms with Gasteiger partial charge in [-0.15, -0.1) is 5.10 Å². The SMILES string of the molecule is CNC(=O)C1CCCN(C(N)=NN)C1. The van der Waals surface area contributed by atoms with Crippen LogP contribution in [0.3, 0.4) is 0 Å². The van der Waals surface area contributed by atoms with E-state index in [0.717, 1.165) is 19.4 Å². The molecule has 1 amide bonds. The maximum Gasteiger partial charge on any atom is 0.224 e. The number of rotatable bonds is 1. The summed E-state index contributed by atoms with van der Waals surface area (Å²) in [6.07, 6.45) is 1.84. The van der Waals surface area contributed by atoms with Crippen LogP contribution in [0.5, 0.6) is 0 Å². The standard InChI is InChI=1S/C8H17N5O/c1-11-7(14)6-3-2-4-13(5-6)8(9)12-10/h6H,2-5,10H2,1H3,(H2,9,12)(H,11,14). The third-order valence-corrected chi connectivity index (χ3v) is 2.49. The van der Waals surface area contributed by atoms with Gasteiger partial charge < -0.3 is 21.8 Å². The van der Waals surface area contributed by atoms with Crippen molar-refractivity contribution in [2.24, 2.45) is 22.6 Å². The summed E-state index contributed by atoms with van der Waals surface area (Å²) < 4.78 is 0. The molecule has 0 aromatic carbocycles. The highest BCUT2D eigenvalue weighted by molar-refractivity contribution is 5.81. The first-order valence-corrected chi connectivity index (χ1v) is 4.69. The number of hydrogen-bond acceptors (Lipinski definition) is 3. The van der Waals surface area contributed by atoms with Crippen molar-refractivity contribution >= 4 is 11.9 Å². The fourth-order valence-corrected chi connectivity index (χ4v) is 1.69. The van der Waals surface area contributed by atoms with E-state index in [2.05, 4.69) is 10.4 Å². The van der Waals surface area contributed by atoms with Crippen LogP contribution in [0.2, 0.25) is 0 Å². The molecule has 0 aromatic heterocycles. The Balaban J connectivity index is 2.56. The van der Waals surface area contributed by atoms with Gasteiger partial charge in [-0.25, -0.2) is 0 Å². The van der Waals surface area contributed by atoms with Gasteiger partial charge in [-0.2, -0.15) is 0 Å². The first-order valence-electron chi connectivity index (χ1n) is 4.69. The van der Waals surface area contributed by atoms with Crippen LogP contribution in [0.1, 0.15) is 12.8 Å². The number of hydrazone groups is 1. The van der Waals surface area contributed by atoms with E-state index in [1.54, 1.807) is 7.05 Å².